The summed E-state index contributed by atoms with van der Waals surface area (Å²) >= 11 is 1.55. The number of carbonyl (C=O) groups excluding carboxylic acids is 3. The number of thiazole rings is 1. The summed E-state index contributed by atoms with van der Waals surface area (Å²) in [5, 5.41) is 10.3. The van der Waals surface area contributed by atoms with Gasteiger partial charge in [0.2, 0.25) is 11.8 Å². The SMILES string of the molecule is Cc1csc(CCNC(=O)[C@@H]2CCC(=O)NC(=O)N2)n1. The predicted octanol–water partition coefficient (Wildman–Crippen LogP) is 0.0984. The minimum Gasteiger partial charge on any atom is -0.354 e. The van der Waals surface area contributed by atoms with Gasteiger partial charge in [-0.1, -0.05) is 0 Å². The Balaban J connectivity index is 1.79. The van der Waals surface area contributed by atoms with Crippen molar-refractivity contribution in [1.29, 1.82) is 0 Å². The topological polar surface area (TPSA) is 100 Å². The van der Waals surface area contributed by atoms with Crippen molar-refractivity contribution in [3.8, 4) is 0 Å². The molecule has 1 aromatic rings. The van der Waals surface area contributed by atoms with Gasteiger partial charge in [-0.25, -0.2) is 9.78 Å². The summed E-state index contributed by atoms with van der Waals surface area (Å²) in [6.45, 7) is 2.38. The number of amides is 4. The van der Waals surface area contributed by atoms with Crippen LogP contribution in [0.25, 0.3) is 0 Å². The molecule has 20 heavy (non-hydrogen) atoms. The van der Waals surface area contributed by atoms with Crippen molar-refractivity contribution in [3.63, 3.8) is 0 Å². The molecule has 4 amide bonds. The van der Waals surface area contributed by atoms with Crippen molar-refractivity contribution in [3.05, 3.63) is 16.1 Å². The molecule has 3 N–H and O–H groups in total. The van der Waals surface area contributed by atoms with Gasteiger partial charge in [0, 0.05) is 30.5 Å². The van der Waals surface area contributed by atoms with E-state index >= 15 is 0 Å². The normalized spacial score (nSPS) is 18.9. The highest BCUT2D eigenvalue weighted by Crippen LogP contribution is 2.08. The van der Waals surface area contributed by atoms with Crippen LogP contribution in [-0.4, -0.2) is 35.4 Å². The average molecular weight is 296 g/mol. The molecule has 1 aromatic heterocycles. The smallest absolute Gasteiger partial charge is 0.322 e. The van der Waals surface area contributed by atoms with E-state index < -0.39 is 12.1 Å². The van der Waals surface area contributed by atoms with Crippen LogP contribution in [0.4, 0.5) is 4.79 Å². The molecule has 1 atom stereocenters. The highest BCUT2D eigenvalue weighted by molar-refractivity contribution is 7.09. The first-order chi connectivity index (χ1) is 9.54. The Morgan fingerprint density at radius 2 is 2.35 bits per heavy atom. The molecule has 0 spiro atoms. The highest BCUT2D eigenvalue weighted by atomic mass is 32.1. The summed E-state index contributed by atoms with van der Waals surface area (Å²) in [5.41, 5.74) is 0.969. The summed E-state index contributed by atoms with van der Waals surface area (Å²) in [7, 11) is 0. The van der Waals surface area contributed by atoms with Gasteiger partial charge in [-0.15, -0.1) is 11.3 Å². The fourth-order valence-electron chi connectivity index (χ4n) is 1.86. The Morgan fingerprint density at radius 1 is 1.55 bits per heavy atom. The minimum absolute atomic E-state index is 0.155. The van der Waals surface area contributed by atoms with Crippen LogP contribution in [0.1, 0.15) is 23.5 Å². The Kier molecular flexibility index (Phi) is 4.67. The fraction of sp³-hybridized carbons (Fsp3) is 0.500. The second kappa shape index (κ2) is 6.47. The summed E-state index contributed by atoms with van der Waals surface area (Å²) in [6, 6.07) is -1.29. The molecule has 0 bridgehead atoms. The number of urea groups is 1. The molecule has 1 saturated heterocycles. The van der Waals surface area contributed by atoms with Crippen LogP contribution in [-0.2, 0) is 16.0 Å². The van der Waals surface area contributed by atoms with Gasteiger partial charge in [0.05, 0.1) is 5.01 Å². The highest BCUT2D eigenvalue weighted by Gasteiger charge is 2.25. The lowest BCUT2D eigenvalue weighted by molar-refractivity contribution is -0.123. The molecule has 108 valence electrons. The summed E-state index contributed by atoms with van der Waals surface area (Å²) in [5.74, 6) is -0.640. The van der Waals surface area contributed by atoms with Crippen LogP contribution in [0.2, 0.25) is 0 Å². The van der Waals surface area contributed by atoms with Crippen molar-refractivity contribution in [2.75, 3.05) is 6.54 Å². The second-order valence-electron chi connectivity index (χ2n) is 4.54. The Morgan fingerprint density at radius 3 is 3.05 bits per heavy atom. The van der Waals surface area contributed by atoms with Crippen molar-refractivity contribution in [1.82, 2.24) is 20.9 Å². The largest absolute Gasteiger partial charge is 0.354 e. The van der Waals surface area contributed by atoms with Gasteiger partial charge in [-0.3, -0.25) is 14.9 Å². The molecule has 8 heteroatoms. The van der Waals surface area contributed by atoms with E-state index in [0.717, 1.165) is 10.7 Å². The number of aryl methyl sites for hydroxylation is 1. The third kappa shape index (κ3) is 4.02. The van der Waals surface area contributed by atoms with E-state index in [1.165, 1.54) is 0 Å². The maximum absolute atomic E-state index is 11.9. The number of aromatic nitrogens is 1. The molecule has 0 aliphatic carbocycles. The Bertz CT molecular complexity index is 529. The van der Waals surface area contributed by atoms with Crippen LogP contribution in [0.5, 0.6) is 0 Å². The van der Waals surface area contributed by atoms with E-state index in [1.807, 2.05) is 12.3 Å². The fourth-order valence-corrected chi connectivity index (χ4v) is 2.64. The molecule has 2 heterocycles. The number of rotatable bonds is 4. The Hall–Kier alpha value is -1.96. The number of nitrogens with one attached hydrogen (secondary N) is 3. The molecule has 0 radical (unpaired) electrons. The minimum atomic E-state index is -0.667. The van der Waals surface area contributed by atoms with Gasteiger partial charge in [0.25, 0.3) is 0 Å². The monoisotopic (exact) mass is 296 g/mol. The van der Waals surface area contributed by atoms with E-state index in [2.05, 4.69) is 20.9 Å². The molecule has 1 aliphatic heterocycles. The number of imide groups is 1. The van der Waals surface area contributed by atoms with Crippen LogP contribution in [0.3, 0.4) is 0 Å². The summed E-state index contributed by atoms with van der Waals surface area (Å²) in [4.78, 5) is 38.6. The number of carbonyl (C=O) groups is 3. The van der Waals surface area contributed by atoms with Crippen molar-refractivity contribution in [2.45, 2.75) is 32.2 Å². The first-order valence-corrected chi connectivity index (χ1v) is 7.21. The molecule has 7 nitrogen and oxygen atoms in total. The third-order valence-electron chi connectivity index (χ3n) is 2.84. The molecule has 1 fully saturated rings. The zero-order chi connectivity index (χ0) is 14.5. The predicted molar refractivity (Wildman–Crippen MR) is 73.3 cm³/mol. The second-order valence-corrected chi connectivity index (χ2v) is 5.48. The molecular formula is C12H16N4O3S. The van der Waals surface area contributed by atoms with E-state index in [0.29, 0.717) is 19.4 Å². The molecular weight excluding hydrogens is 280 g/mol. The molecule has 2 rings (SSSR count). The first kappa shape index (κ1) is 14.4. The maximum atomic E-state index is 11.9. The molecule has 0 aromatic carbocycles. The lowest BCUT2D eigenvalue weighted by Gasteiger charge is -2.14. The van der Waals surface area contributed by atoms with Gasteiger partial charge in [0.1, 0.15) is 6.04 Å². The lowest BCUT2D eigenvalue weighted by atomic mass is 10.1. The van der Waals surface area contributed by atoms with Gasteiger partial charge in [-0.2, -0.15) is 0 Å². The van der Waals surface area contributed by atoms with E-state index in [4.69, 9.17) is 0 Å². The van der Waals surface area contributed by atoms with Gasteiger partial charge >= 0.3 is 6.03 Å². The Labute approximate surface area is 120 Å². The van der Waals surface area contributed by atoms with Gasteiger partial charge in [0.15, 0.2) is 0 Å². The standard InChI is InChI=1S/C12H16N4O3S/c1-7-6-20-10(14-7)4-5-13-11(18)8-2-3-9(17)16-12(19)15-8/h6,8H,2-5H2,1H3,(H,13,18)(H2,15,16,17,19)/t8-/m0/s1. The van der Waals surface area contributed by atoms with Crippen LogP contribution >= 0.6 is 11.3 Å². The number of nitrogens with zero attached hydrogens (tertiary/aromatic N) is 1. The summed E-state index contributed by atoms with van der Waals surface area (Å²) < 4.78 is 0. The zero-order valence-corrected chi connectivity index (χ0v) is 11.9. The first-order valence-electron chi connectivity index (χ1n) is 6.33. The van der Waals surface area contributed by atoms with E-state index in [9.17, 15) is 14.4 Å². The van der Waals surface area contributed by atoms with E-state index in [-0.39, 0.29) is 18.2 Å². The van der Waals surface area contributed by atoms with E-state index in [1.54, 1.807) is 11.3 Å². The third-order valence-corrected chi connectivity index (χ3v) is 3.87. The molecule has 0 unspecified atom stereocenters. The maximum Gasteiger partial charge on any atom is 0.322 e. The van der Waals surface area contributed by atoms with Crippen molar-refractivity contribution < 1.29 is 14.4 Å². The van der Waals surface area contributed by atoms with Crippen LogP contribution in [0, 0.1) is 6.92 Å². The molecule has 1 aliphatic rings. The van der Waals surface area contributed by atoms with Crippen LogP contribution in [0.15, 0.2) is 5.38 Å². The molecule has 0 saturated carbocycles. The van der Waals surface area contributed by atoms with Gasteiger partial charge in [-0.05, 0) is 13.3 Å². The van der Waals surface area contributed by atoms with Crippen molar-refractivity contribution >= 4 is 29.2 Å². The quantitative estimate of drug-likeness (QED) is 0.733. The zero-order valence-electron chi connectivity index (χ0n) is 11.1. The lowest BCUT2D eigenvalue weighted by Crippen LogP contribution is -2.48. The van der Waals surface area contributed by atoms with Crippen LogP contribution < -0.4 is 16.0 Å². The number of hydrogen-bond acceptors (Lipinski definition) is 5. The summed E-state index contributed by atoms with van der Waals surface area (Å²) in [6.07, 6.45) is 1.12. The number of hydrogen-bond donors (Lipinski definition) is 3. The van der Waals surface area contributed by atoms with Gasteiger partial charge < -0.3 is 10.6 Å². The average Bonchev–Trinajstić information content (AvgIpc) is 2.71. The van der Waals surface area contributed by atoms with Crippen molar-refractivity contribution in [2.24, 2.45) is 0 Å².